The second kappa shape index (κ2) is 9.94. The SMILES string of the molecule is Cc1cc(C2=NO[C@@](c3cc(C(F)(F)F)cc(C(F)F)n3)(C(F)(F)F)C2)ccc1C(=O)NC1CN(S(C)(=O)=O)C1. The van der Waals surface area contributed by atoms with E-state index in [0.717, 1.165) is 10.6 Å². The highest BCUT2D eigenvalue weighted by Crippen LogP contribution is 2.49. The van der Waals surface area contributed by atoms with E-state index in [4.69, 9.17) is 0 Å². The quantitative estimate of drug-likeness (QED) is 0.499. The van der Waals surface area contributed by atoms with Crippen LogP contribution in [0, 0.1) is 6.92 Å². The van der Waals surface area contributed by atoms with Gasteiger partial charge in [0.1, 0.15) is 5.69 Å². The molecule has 0 unspecified atom stereocenters. The van der Waals surface area contributed by atoms with Crippen molar-refractivity contribution in [2.24, 2.45) is 5.16 Å². The van der Waals surface area contributed by atoms with Crippen LogP contribution in [-0.4, -0.2) is 60.9 Å². The van der Waals surface area contributed by atoms with Crippen LogP contribution >= 0.6 is 0 Å². The van der Waals surface area contributed by atoms with Crippen LogP contribution in [0.2, 0.25) is 0 Å². The summed E-state index contributed by atoms with van der Waals surface area (Å²) in [4.78, 5) is 20.4. The average molecular weight is 600 g/mol. The number of nitrogens with zero attached hydrogens (tertiary/aromatic N) is 3. The molecule has 0 saturated carbocycles. The van der Waals surface area contributed by atoms with Gasteiger partial charge in [0, 0.05) is 18.7 Å². The topological polar surface area (TPSA) is 101 Å². The Morgan fingerprint density at radius 3 is 2.30 bits per heavy atom. The van der Waals surface area contributed by atoms with Gasteiger partial charge in [0.15, 0.2) is 0 Å². The summed E-state index contributed by atoms with van der Waals surface area (Å²) < 4.78 is 133. The average Bonchev–Trinajstić information content (AvgIpc) is 3.26. The summed E-state index contributed by atoms with van der Waals surface area (Å²) in [6.45, 7) is 1.62. The number of hydrogen-bond donors (Lipinski definition) is 1. The molecule has 2 aromatic rings. The number of nitrogens with one attached hydrogen (secondary N) is 1. The zero-order chi connectivity index (χ0) is 29.8. The van der Waals surface area contributed by atoms with E-state index in [1.807, 2.05) is 0 Å². The minimum absolute atomic E-state index is 0.00186. The van der Waals surface area contributed by atoms with Crippen LogP contribution in [0.1, 0.15) is 51.3 Å². The molecule has 1 fully saturated rings. The smallest absolute Gasteiger partial charge is 0.372 e. The summed E-state index contributed by atoms with van der Waals surface area (Å²) in [7, 11) is -3.40. The molecule has 1 saturated heterocycles. The Bertz CT molecular complexity index is 1470. The molecule has 0 aliphatic carbocycles. The van der Waals surface area contributed by atoms with Crippen molar-refractivity contribution >= 4 is 21.6 Å². The van der Waals surface area contributed by atoms with E-state index in [1.165, 1.54) is 25.1 Å². The number of carbonyl (C=O) groups excluding carboxylic acids is 1. The lowest BCUT2D eigenvalue weighted by atomic mass is 9.88. The van der Waals surface area contributed by atoms with Crippen LogP contribution in [0.5, 0.6) is 0 Å². The first-order valence-corrected chi connectivity index (χ1v) is 13.2. The van der Waals surface area contributed by atoms with Crippen molar-refractivity contribution in [3.8, 4) is 0 Å². The first-order chi connectivity index (χ1) is 18.3. The third kappa shape index (κ3) is 5.61. The Hall–Kier alpha value is -3.34. The van der Waals surface area contributed by atoms with Crippen molar-refractivity contribution in [2.45, 2.75) is 43.8 Å². The number of sulfonamides is 1. The zero-order valence-electron chi connectivity index (χ0n) is 20.6. The minimum Gasteiger partial charge on any atom is -0.372 e. The predicted molar refractivity (Wildman–Crippen MR) is 123 cm³/mol. The molecular weight excluding hydrogens is 580 g/mol. The number of hydrogen-bond acceptors (Lipinski definition) is 6. The number of oxime groups is 1. The van der Waals surface area contributed by atoms with Crippen molar-refractivity contribution in [3.05, 3.63) is 64.0 Å². The Kier molecular flexibility index (Phi) is 7.36. The molecule has 1 aromatic heterocycles. The highest BCUT2D eigenvalue weighted by Gasteiger charge is 2.64. The molecular formula is C23H20F8N4O4S. The Morgan fingerprint density at radius 1 is 1.12 bits per heavy atom. The van der Waals surface area contributed by atoms with Crippen molar-refractivity contribution in [3.63, 3.8) is 0 Å². The fraction of sp³-hybridized carbons (Fsp3) is 0.435. The second-order valence-electron chi connectivity index (χ2n) is 9.38. The molecule has 2 aliphatic heterocycles. The van der Waals surface area contributed by atoms with Crippen molar-refractivity contribution in [2.75, 3.05) is 19.3 Å². The maximum Gasteiger partial charge on any atom is 0.437 e. The minimum atomic E-state index is -5.41. The number of aromatic nitrogens is 1. The van der Waals surface area contributed by atoms with E-state index >= 15 is 0 Å². The van der Waals surface area contributed by atoms with Gasteiger partial charge < -0.3 is 10.2 Å². The third-order valence-corrected chi connectivity index (χ3v) is 7.69. The van der Waals surface area contributed by atoms with Crippen LogP contribution in [0.3, 0.4) is 0 Å². The van der Waals surface area contributed by atoms with Gasteiger partial charge in [-0.1, -0.05) is 11.2 Å². The number of rotatable bonds is 6. The molecule has 4 rings (SSSR count). The lowest BCUT2D eigenvalue weighted by molar-refractivity contribution is -0.277. The van der Waals surface area contributed by atoms with E-state index in [0.29, 0.717) is 5.56 Å². The van der Waals surface area contributed by atoms with E-state index in [1.54, 1.807) is 0 Å². The largest absolute Gasteiger partial charge is 0.437 e. The first kappa shape index (κ1) is 29.6. The number of amides is 1. The van der Waals surface area contributed by atoms with Gasteiger partial charge in [-0.3, -0.25) is 4.79 Å². The Morgan fingerprint density at radius 2 is 1.77 bits per heavy atom. The molecule has 1 atom stereocenters. The van der Waals surface area contributed by atoms with E-state index in [2.05, 4.69) is 20.3 Å². The number of pyridine rings is 1. The number of aryl methyl sites for hydroxylation is 1. The lowest BCUT2D eigenvalue weighted by Crippen LogP contribution is -2.60. The van der Waals surface area contributed by atoms with Gasteiger partial charge in [0.25, 0.3) is 17.9 Å². The molecule has 1 amide bonds. The molecule has 0 bridgehead atoms. The van der Waals surface area contributed by atoms with Crippen LogP contribution in [0.15, 0.2) is 35.5 Å². The maximum atomic E-state index is 14.3. The van der Waals surface area contributed by atoms with E-state index in [-0.39, 0.29) is 42.1 Å². The third-order valence-electron chi connectivity index (χ3n) is 6.45. The molecule has 0 radical (unpaired) electrons. The fourth-order valence-corrected chi connectivity index (χ4v) is 5.12. The number of alkyl halides is 8. The Balaban J connectivity index is 1.59. The first-order valence-electron chi connectivity index (χ1n) is 11.4. The Labute approximate surface area is 222 Å². The summed E-state index contributed by atoms with van der Waals surface area (Å²) in [6, 6.07) is 3.34. The molecule has 218 valence electrons. The van der Waals surface area contributed by atoms with E-state index < -0.39 is 69.7 Å². The van der Waals surface area contributed by atoms with E-state index in [9.17, 15) is 48.3 Å². The lowest BCUT2D eigenvalue weighted by Gasteiger charge is -2.37. The van der Waals surface area contributed by atoms with Gasteiger partial charge in [0.2, 0.25) is 10.0 Å². The van der Waals surface area contributed by atoms with Crippen LogP contribution in [0.25, 0.3) is 0 Å². The van der Waals surface area contributed by atoms with Crippen molar-refractivity contribution in [1.29, 1.82) is 0 Å². The number of benzene rings is 1. The number of carbonyl (C=O) groups is 1. The highest BCUT2D eigenvalue weighted by molar-refractivity contribution is 7.88. The van der Waals surface area contributed by atoms with Gasteiger partial charge in [-0.2, -0.15) is 30.6 Å². The van der Waals surface area contributed by atoms with Crippen LogP contribution in [-0.2, 0) is 26.6 Å². The van der Waals surface area contributed by atoms with Crippen molar-refractivity contribution < 1.29 is 53.2 Å². The summed E-state index contributed by atoms with van der Waals surface area (Å²) in [6.07, 6.45) is -14.4. The number of halogens is 8. The fourth-order valence-electron chi connectivity index (χ4n) is 4.22. The monoisotopic (exact) mass is 600 g/mol. The predicted octanol–water partition coefficient (Wildman–Crippen LogP) is 4.30. The molecule has 1 N–H and O–H groups in total. The second-order valence-corrected chi connectivity index (χ2v) is 11.4. The molecule has 0 spiro atoms. The van der Waals surface area contributed by atoms with Gasteiger partial charge >= 0.3 is 12.4 Å². The molecule has 17 heteroatoms. The van der Waals surface area contributed by atoms with Gasteiger partial charge in [-0.15, -0.1) is 0 Å². The summed E-state index contributed by atoms with van der Waals surface area (Å²) >= 11 is 0. The van der Waals surface area contributed by atoms with Gasteiger partial charge in [-0.25, -0.2) is 22.2 Å². The molecule has 40 heavy (non-hydrogen) atoms. The summed E-state index contributed by atoms with van der Waals surface area (Å²) in [5.74, 6) is -0.566. The summed E-state index contributed by atoms with van der Waals surface area (Å²) in [5, 5.41) is 6.05. The normalized spacial score (nSPS) is 20.7. The standard InChI is InChI=1S/C23H20F8N4O4S/c1-11-5-12(3-4-15(11)20(36)32-14-9-35(10-14)40(2,37)38)17-8-21(39-34-17,23(29,30)31)18-7-13(22(26,27)28)6-16(33-18)19(24)25/h3-7,14,19H,8-10H2,1-2H3,(H,32,36)/t21-/m0/s1. The highest BCUT2D eigenvalue weighted by atomic mass is 32.2. The molecule has 1 aromatic carbocycles. The van der Waals surface area contributed by atoms with Crippen molar-refractivity contribution in [1.82, 2.24) is 14.6 Å². The van der Waals surface area contributed by atoms with Gasteiger partial charge in [0.05, 0.1) is 35.7 Å². The summed E-state index contributed by atoms with van der Waals surface area (Å²) in [5.41, 5.74) is -8.19. The van der Waals surface area contributed by atoms with Crippen LogP contribution < -0.4 is 5.32 Å². The molecule has 8 nitrogen and oxygen atoms in total. The maximum absolute atomic E-state index is 14.3. The van der Waals surface area contributed by atoms with Gasteiger partial charge in [-0.05, 0) is 42.3 Å². The zero-order valence-corrected chi connectivity index (χ0v) is 21.4. The van der Waals surface area contributed by atoms with Crippen LogP contribution in [0.4, 0.5) is 35.1 Å². The molecule has 3 heterocycles. The molecule has 2 aliphatic rings.